The Morgan fingerprint density at radius 2 is 1.52 bits per heavy atom. The molecule has 0 aromatic carbocycles. The summed E-state index contributed by atoms with van der Waals surface area (Å²) in [7, 11) is 0. The van der Waals surface area contributed by atoms with Crippen molar-refractivity contribution in [1.29, 1.82) is 0 Å². The van der Waals surface area contributed by atoms with Crippen LogP contribution in [0.2, 0.25) is 0 Å². The van der Waals surface area contributed by atoms with Gasteiger partial charge in [-0.3, -0.25) is 4.79 Å². The topological polar surface area (TPSA) is 77.8 Å². The molecule has 1 atom stereocenters. The number of unbranched alkanes of at least 4 members (excludes halogenated alkanes) is 2. The fourth-order valence-electron chi connectivity index (χ4n) is 3.25. The molecule has 122 valence electrons. The zero-order chi connectivity index (χ0) is 15.3. The number of aliphatic hydroxyl groups excluding tert-OH is 2. The molecule has 0 heterocycles. The minimum Gasteiger partial charge on any atom is -0.481 e. The van der Waals surface area contributed by atoms with E-state index >= 15 is 0 Å². The molecular weight excluding hydrogens is 268 g/mol. The quantitative estimate of drug-likeness (QED) is 0.484. The highest BCUT2D eigenvalue weighted by Crippen LogP contribution is 2.50. The Morgan fingerprint density at radius 1 is 0.952 bits per heavy atom. The molecule has 0 bridgehead atoms. The summed E-state index contributed by atoms with van der Waals surface area (Å²) in [5, 5.41) is 28.2. The first-order chi connectivity index (χ1) is 10.0. The third-order valence-electron chi connectivity index (χ3n) is 5.54. The van der Waals surface area contributed by atoms with Crippen molar-refractivity contribution in [2.75, 3.05) is 6.61 Å². The van der Waals surface area contributed by atoms with Crippen LogP contribution in [0.1, 0.15) is 77.0 Å². The smallest absolute Gasteiger partial charge is 0.309 e. The van der Waals surface area contributed by atoms with Crippen molar-refractivity contribution < 1.29 is 20.1 Å². The molecule has 2 aliphatic rings. The lowest BCUT2D eigenvalue weighted by Gasteiger charge is -2.14. The van der Waals surface area contributed by atoms with Gasteiger partial charge in [0.15, 0.2) is 0 Å². The molecule has 0 aromatic heterocycles. The molecule has 2 rings (SSSR count). The third-order valence-corrected chi connectivity index (χ3v) is 5.54. The van der Waals surface area contributed by atoms with E-state index < -0.39 is 11.4 Å². The lowest BCUT2D eigenvalue weighted by atomic mass is 9.95. The van der Waals surface area contributed by atoms with Gasteiger partial charge in [0.05, 0.1) is 11.5 Å². The SMILES string of the molecule is O=C(O)C1(CCCCC(O)CCCCC2(CO)CC2)CC1. The van der Waals surface area contributed by atoms with E-state index in [9.17, 15) is 15.0 Å². The molecule has 2 saturated carbocycles. The zero-order valence-electron chi connectivity index (χ0n) is 13.0. The van der Waals surface area contributed by atoms with Crippen molar-refractivity contribution in [2.45, 2.75) is 83.2 Å². The Bertz CT molecular complexity index is 345. The molecular formula is C17H30O4. The second-order valence-electron chi connectivity index (χ2n) is 7.39. The Morgan fingerprint density at radius 3 is 1.95 bits per heavy atom. The van der Waals surface area contributed by atoms with Crippen molar-refractivity contribution in [2.24, 2.45) is 10.8 Å². The van der Waals surface area contributed by atoms with Gasteiger partial charge < -0.3 is 15.3 Å². The summed E-state index contributed by atoms with van der Waals surface area (Å²) in [5.41, 5.74) is -0.172. The van der Waals surface area contributed by atoms with E-state index in [1.54, 1.807) is 0 Å². The predicted octanol–water partition coefficient (Wildman–Crippen LogP) is 3.11. The normalized spacial score (nSPS) is 22.8. The van der Waals surface area contributed by atoms with Crippen molar-refractivity contribution >= 4 is 5.97 Å². The second-order valence-corrected chi connectivity index (χ2v) is 7.39. The van der Waals surface area contributed by atoms with Gasteiger partial charge in [-0.1, -0.05) is 25.7 Å². The van der Waals surface area contributed by atoms with Crippen LogP contribution >= 0.6 is 0 Å². The standard InChI is InChI=1S/C17H30O4/c18-13-16(9-10-16)7-3-1-5-14(19)6-2-4-8-17(11-12-17)15(20)21/h14,18-19H,1-13H2,(H,20,21). The van der Waals surface area contributed by atoms with E-state index in [4.69, 9.17) is 5.11 Å². The molecule has 0 aromatic rings. The van der Waals surface area contributed by atoms with Gasteiger partial charge in [-0.25, -0.2) is 0 Å². The average Bonchev–Trinajstić information content (AvgIpc) is 3.35. The first-order valence-electron chi connectivity index (χ1n) is 8.54. The molecule has 3 N–H and O–H groups in total. The molecule has 0 saturated heterocycles. The summed E-state index contributed by atoms with van der Waals surface area (Å²) >= 11 is 0. The Kier molecular flexibility index (Phi) is 5.67. The van der Waals surface area contributed by atoms with Crippen molar-refractivity contribution in [3.63, 3.8) is 0 Å². The monoisotopic (exact) mass is 298 g/mol. The third kappa shape index (κ3) is 4.96. The van der Waals surface area contributed by atoms with Crippen LogP contribution in [0, 0.1) is 10.8 Å². The lowest BCUT2D eigenvalue weighted by molar-refractivity contribution is -0.143. The highest BCUT2D eigenvalue weighted by Gasteiger charge is 2.49. The van der Waals surface area contributed by atoms with Crippen LogP contribution in [-0.2, 0) is 4.79 Å². The molecule has 21 heavy (non-hydrogen) atoms. The first kappa shape index (κ1) is 16.8. The number of carboxylic acids is 1. The zero-order valence-corrected chi connectivity index (χ0v) is 13.0. The molecule has 0 aliphatic heterocycles. The first-order valence-corrected chi connectivity index (χ1v) is 8.54. The highest BCUT2D eigenvalue weighted by molar-refractivity contribution is 5.77. The number of hydrogen-bond acceptors (Lipinski definition) is 3. The summed E-state index contributed by atoms with van der Waals surface area (Å²) in [5.74, 6) is -0.638. The molecule has 4 heteroatoms. The van der Waals surface area contributed by atoms with Crippen LogP contribution in [0.15, 0.2) is 0 Å². The van der Waals surface area contributed by atoms with E-state index in [1.165, 1.54) is 0 Å². The van der Waals surface area contributed by atoms with Gasteiger partial charge in [0.1, 0.15) is 0 Å². The average molecular weight is 298 g/mol. The number of aliphatic hydroxyl groups is 2. The van der Waals surface area contributed by atoms with Crippen LogP contribution in [0.5, 0.6) is 0 Å². The van der Waals surface area contributed by atoms with Gasteiger partial charge >= 0.3 is 5.97 Å². The van der Waals surface area contributed by atoms with Crippen LogP contribution in [-0.4, -0.2) is 34.0 Å². The summed E-state index contributed by atoms with van der Waals surface area (Å²) in [6.45, 7) is 0.320. The largest absolute Gasteiger partial charge is 0.481 e. The van der Waals surface area contributed by atoms with Gasteiger partial charge in [-0.05, 0) is 56.8 Å². The molecule has 0 spiro atoms. The van der Waals surface area contributed by atoms with Crippen LogP contribution in [0.3, 0.4) is 0 Å². The minimum absolute atomic E-state index is 0.236. The fourth-order valence-corrected chi connectivity index (χ4v) is 3.25. The van der Waals surface area contributed by atoms with E-state index in [-0.39, 0.29) is 11.5 Å². The number of carbonyl (C=O) groups is 1. The Balaban J connectivity index is 1.44. The number of hydrogen-bond donors (Lipinski definition) is 3. The van der Waals surface area contributed by atoms with Gasteiger partial charge in [-0.2, -0.15) is 0 Å². The van der Waals surface area contributed by atoms with Crippen LogP contribution < -0.4 is 0 Å². The van der Waals surface area contributed by atoms with E-state index in [2.05, 4.69) is 0 Å². The van der Waals surface area contributed by atoms with Gasteiger partial charge in [0.25, 0.3) is 0 Å². The maximum Gasteiger partial charge on any atom is 0.309 e. The highest BCUT2D eigenvalue weighted by atomic mass is 16.4. The van der Waals surface area contributed by atoms with Gasteiger partial charge in [0, 0.05) is 6.61 Å². The van der Waals surface area contributed by atoms with Crippen molar-refractivity contribution in [1.82, 2.24) is 0 Å². The summed E-state index contributed by atoms with van der Waals surface area (Å²) < 4.78 is 0. The number of rotatable bonds is 12. The van der Waals surface area contributed by atoms with Crippen molar-refractivity contribution in [3.05, 3.63) is 0 Å². The minimum atomic E-state index is -0.638. The van der Waals surface area contributed by atoms with E-state index in [0.717, 1.165) is 77.0 Å². The summed E-state index contributed by atoms with van der Waals surface area (Å²) in [4.78, 5) is 11.0. The molecule has 2 fully saturated rings. The maximum absolute atomic E-state index is 11.0. The summed E-state index contributed by atoms with van der Waals surface area (Å²) in [6.07, 6.45) is 11.2. The maximum atomic E-state index is 11.0. The van der Waals surface area contributed by atoms with Crippen LogP contribution in [0.25, 0.3) is 0 Å². The van der Waals surface area contributed by atoms with Crippen molar-refractivity contribution in [3.8, 4) is 0 Å². The molecule has 0 amide bonds. The summed E-state index contributed by atoms with van der Waals surface area (Å²) in [6, 6.07) is 0. The lowest BCUT2D eigenvalue weighted by Crippen LogP contribution is -2.14. The van der Waals surface area contributed by atoms with Gasteiger partial charge in [-0.15, -0.1) is 0 Å². The predicted molar refractivity (Wildman–Crippen MR) is 81.0 cm³/mol. The van der Waals surface area contributed by atoms with E-state index in [0.29, 0.717) is 6.61 Å². The Hall–Kier alpha value is -0.610. The molecule has 4 nitrogen and oxygen atoms in total. The van der Waals surface area contributed by atoms with Crippen LogP contribution in [0.4, 0.5) is 0 Å². The fraction of sp³-hybridized carbons (Fsp3) is 0.941. The van der Waals surface area contributed by atoms with E-state index in [1.807, 2.05) is 0 Å². The number of carboxylic acid groups (broad SMARTS) is 1. The molecule has 0 radical (unpaired) electrons. The molecule has 1 unspecified atom stereocenters. The second kappa shape index (κ2) is 7.10. The Labute approximate surface area is 127 Å². The number of aliphatic carboxylic acids is 1. The van der Waals surface area contributed by atoms with Gasteiger partial charge in [0.2, 0.25) is 0 Å². The molecule has 2 aliphatic carbocycles.